The summed E-state index contributed by atoms with van der Waals surface area (Å²) in [5.41, 5.74) is 0.209. The van der Waals surface area contributed by atoms with Gasteiger partial charge in [0, 0.05) is 33.2 Å². The van der Waals surface area contributed by atoms with Gasteiger partial charge < -0.3 is 4.90 Å². The molecule has 0 unspecified atom stereocenters. The first-order valence-electron chi connectivity index (χ1n) is 6.79. The van der Waals surface area contributed by atoms with E-state index in [1.165, 1.54) is 18.3 Å². The van der Waals surface area contributed by atoms with Crippen LogP contribution in [0.15, 0.2) is 4.90 Å². The Bertz CT molecular complexity index is 577. The van der Waals surface area contributed by atoms with Crippen molar-refractivity contribution in [3.05, 3.63) is 11.6 Å². The van der Waals surface area contributed by atoms with Gasteiger partial charge in [-0.15, -0.1) is 0 Å². The van der Waals surface area contributed by atoms with Gasteiger partial charge in [-0.1, -0.05) is 6.92 Å². The summed E-state index contributed by atoms with van der Waals surface area (Å²) < 4.78 is 41.3. The molecule has 0 spiro atoms. The fourth-order valence-electron chi connectivity index (χ4n) is 2.54. The lowest BCUT2D eigenvalue weighted by molar-refractivity contribution is 0.188. The van der Waals surface area contributed by atoms with Crippen LogP contribution in [0.2, 0.25) is 0 Å². The molecule has 0 aromatic carbocycles. The van der Waals surface area contributed by atoms with E-state index in [4.69, 9.17) is 0 Å². The van der Waals surface area contributed by atoms with E-state index in [-0.39, 0.29) is 10.6 Å². The standard InChI is InChI=1S/C12H21FN4O2S/c1-4-5-16-6-8-17(9-7-16)20(18,19)11-10(2)14-15(3)12(11)13/h4-9H2,1-3H3. The molecular formula is C12H21FN4O2S. The zero-order valence-corrected chi connectivity index (χ0v) is 13.0. The number of hydrogen-bond acceptors (Lipinski definition) is 4. The number of sulfonamides is 1. The Morgan fingerprint density at radius 2 is 1.85 bits per heavy atom. The molecule has 1 fully saturated rings. The highest BCUT2D eigenvalue weighted by Crippen LogP contribution is 2.23. The molecule has 0 N–H and O–H groups in total. The molecule has 6 nitrogen and oxygen atoms in total. The van der Waals surface area contributed by atoms with Crippen LogP contribution < -0.4 is 0 Å². The first kappa shape index (κ1) is 15.4. The normalized spacial score (nSPS) is 18.6. The monoisotopic (exact) mass is 304 g/mol. The molecule has 2 heterocycles. The van der Waals surface area contributed by atoms with Gasteiger partial charge in [-0.25, -0.2) is 13.1 Å². The van der Waals surface area contributed by atoms with Gasteiger partial charge >= 0.3 is 0 Å². The quantitative estimate of drug-likeness (QED) is 0.817. The number of aromatic nitrogens is 2. The van der Waals surface area contributed by atoms with Gasteiger partial charge in [0.2, 0.25) is 16.0 Å². The van der Waals surface area contributed by atoms with E-state index in [0.29, 0.717) is 26.2 Å². The van der Waals surface area contributed by atoms with Crippen molar-refractivity contribution in [2.45, 2.75) is 25.2 Å². The molecule has 0 atom stereocenters. The van der Waals surface area contributed by atoms with E-state index in [2.05, 4.69) is 16.9 Å². The third-order valence-electron chi connectivity index (χ3n) is 3.57. The van der Waals surface area contributed by atoms with Crippen LogP contribution in [-0.4, -0.2) is 60.1 Å². The fraction of sp³-hybridized carbons (Fsp3) is 0.750. The van der Waals surface area contributed by atoms with Crippen LogP contribution in [0.3, 0.4) is 0 Å². The van der Waals surface area contributed by atoms with Gasteiger partial charge in [-0.05, 0) is 19.9 Å². The maximum absolute atomic E-state index is 14.0. The van der Waals surface area contributed by atoms with Crippen LogP contribution in [0.4, 0.5) is 4.39 Å². The van der Waals surface area contributed by atoms with Crippen LogP contribution in [0.1, 0.15) is 19.0 Å². The molecule has 114 valence electrons. The van der Waals surface area contributed by atoms with Crippen LogP contribution in [-0.2, 0) is 17.1 Å². The molecule has 20 heavy (non-hydrogen) atoms. The highest BCUT2D eigenvalue weighted by molar-refractivity contribution is 7.89. The Labute approximate surface area is 119 Å². The number of aryl methyl sites for hydroxylation is 2. The Morgan fingerprint density at radius 1 is 1.25 bits per heavy atom. The van der Waals surface area contributed by atoms with Crippen molar-refractivity contribution in [1.82, 2.24) is 19.0 Å². The lowest BCUT2D eigenvalue weighted by Gasteiger charge is -2.33. The van der Waals surface area contributed by atoms with E-state index in [1.54, 1.807) is 0 Å². The average Bonchev–Trinajstić information content (AvgIpc) is 2.64. The number of halogens is 1. The maximum atomic E-state index is 14.0. The van der Waals surface area contributed by atoms with Gasteiger partial charge in [0.05, 0.1) is 5.69 Å². The molecule has 0 bridgehead atoms. The molecule has 1 aliphatic heterocycles. The fourth-order valence-corrected chi connectivity index (χ4v) is 4.20. The molecule has 1 aromatic rings. The minimum Gasteiger partial charge on any atom is -0.301 e. The Kier molecular flexibility index (Phi) is 4.46. The number of hydrogen-bond donors (Lipinski definition) is 0. The second-order valence-electron chi connectivity index (χ2n) is 5.07. The Hall–Kier alpha value is -0.990. The second-order valence-corrected chi connectivity index (χ2v) is 6.95. The summed E-state index contributed by atoms with van der Waals surface area (Å²) in [4.78, 5) is 1.93. The Morgan fingerprint density at radius 3 is 2.30 bits per heavy atom. The van der Waals surface area contributed by atoms with E-state index in [1.807, 2.05) is 0 Å². The molecular weight excluding hydrogens is 283 g/mol. The minimum atomic E-state index is -3.79. The zero-order chi connectivity index (χ0) is 14.9. The summed E-state index contributed by atoms with van der Waals surface area (Å²) in [5, 5.41) is 3.84. The molecule has 8 heteroatoms. The smallest absolute Gasteiger partial charge is 0.249 e. The number of rotatable bonds is 4. The molecule has 0 radical (unpaired) electrons. The van der Waals surface area contributed by atoms with Crippen molar-refractivity contribution < 1.29 is 12.8 Å². The summed E-state index contributed by atoms with van der Waals surface area (Å²) >= 11 is 0. The summed E-state index contributed by atoms with van der Waals surface area (Å²) in [6.45, 7) is 6.75. The second kappa shape index (κ2) is 5.79. The topological polar surface area (TPSA) is 58.4 Å². The SMILES string of the molecule is CCCN1CCN(S(=O)(=O)c2c(C)nn(C)c2F)CC1. The van der Waals surface area contributed by atoms with Crippen molar-refractivity contribution >= 4 is 10.0 Å². The third kappa shape index (κ3) is 2.72. The van der Waals surface area contributed by atoms with Crippen LogP contribution >= 0.6 is 0 Å². The van der Waals surface area contributed by atoms with E-state index in [0.717, 1.165) is 17.6 Å². The van der Waals surface area contributed by atoms with Gasteiger partial charge in [-0.2, -0.15) is 13.8 Å². The summed E-state index contributed by atoms with van der Waals surface area (Å²) in [7, 11) is -2.39. The Balaban J connectivity index is 2.20. The molecule has 2 rings (SSSR count). The first-order valence-corrected chi connectivity index (χ1v) is 8.23. The van der Waals surface area contributed by atoms with E-state index < -0.39 is 16.0 Å². The molecule has 0 aliphatic carbocycles. The van der Waals surface area contributed by atoms with Gasteiger partial charge in [0.15, 0.2) is 4.90 Å². The summed E-state index contributed by atoms with van der Waals surface area (Å²) in [6.07, 6.45) is 1.04. The predicted octanol–water partition coefficient (Wildman–Crippen LogP) is 0.584. The van der Waals surface area contributed by atoms with Crippen molar-refractivity contribution in [3.63, 3.8) is 0 Å². The van der Waals surface area contributed by atoms with Crippen LogP contribution in [0, 0.1) is 12.9 Å². The highest BCUT2D eigenvalue weighted by Gasteiger charge is 2.34. The number of piperazine rings is 1. The first-order chi connectivity index (χ1) is 9.37. The predicted molar refractivity (Wildman–Crippen MR) is 73.4 cm³/mol. The van der Waals surface area contributed by atoms with Crippen molar-refractivity contribution in [3.8, 4) is 0 Å². The average molecular weight is 304 g/mol. The molecule has 0 saturated carbocycles. The summed E-state index contributed by atoms with van der Waals surface area (Å²) in [5.74, 6) is -0.793. The van der Waals surface area contributed by atoms with E-state index >= 15 is 0 Å². The third-order valence-corrected chi connectivity index (χ3v) is 5.59. The zero-order valence-electron chi connectivity index (χ0n) is 12.1. The van der Waals surface area contributed by atoms with Gasteiger partial charge in [-0.3, -0.25) is 0 Å². The lowest BCUT2D eigenvalue weighted by atomic mass is 10.3. The molecule has 1 aliphatic rings. The van der Waals surface area contributed by atoms with Crippen LogP contribution in [0.5, 0.6) is 0 Å². The van der Waals surface area contributed by atoms with Crippen molar-refractivity contribution in [1.29, 1.82) is 0 Å². The lowest BCUT2D eigenvalue weighted by Crippen LogP contribution is -2.48. The number of nitrogens with zero attached hydrogens (tertiary/aromatic N) is 4. The van der Waals surface area contributed by atoms with Crippen molar-refractivity contribution in [2.24, 2.45) is 7.05 Å². The van der Waals surface area contributed by atoms with E-state index in [9.17, 15) is 12.8 Å². The maximum Gasteiger partial charge on any atom is 0.249 e. The molecule has 0 amide bonds. The molecule has 1 aromatic heterocycles. The minimum absolute atomic E-state index is 0.209. The van der Waals surface area contributed by atoms with Gasteiger partial charge in [0.25, 0.3) is 0 Å². The largest absolute Gasteiger partial charge is 0.301 e. The van der Waals surface area contributed by atoms with Gasteiger partial charge in [0.1, 0.15) is 0 Å². The van der Waals surface area contributed by atoms with Crippen molar-refractivity contribution in [2.75, 3.05) is 32.7 Å². The highest BCUT2D eigenvalue weighted by atomic mass is 32.2. The summed E-state index contributed by atoms with van der Waals surface area (Å²) in [6, 6.07) is 0. The molecule has 1 saturated heterocycles. The van der Waals surface area contributed by atoms with Crippen LogP contribution in [0.25, 0.3) is 0 Å².